The van der Waals surface area contributed by atoms with Crippen LogP contribution in [0.3, 0.4) is 0 Å². The molecule has 8 heteroatoms. The van der Waals surface area contributed by atoms with E-state index in [-0.39, 0.29) is 18.4 Å². The lowest BCUT2D eigenvalue weighted by atomic mass is 10.1. The molecule has 0 saturated carbocycles. The van der Waals surface area contributed by atoms with E-state index in [2.05, 4.69) is 25.5 Å². The Morgan fingerprint density at radius 1 is 1.33 bits per heavy atom. The van der Waals surface area contributed by atoms with Gasteiger partial charge in [0.15, 0.2) is 5.65 Å². The maximum absolute atomic E-state index is 5.31. The SMILES string of the molecule is Cc1cc(C)n2ncc(-c3noc([C@H]4CCN4)n3)c2n1.Cl. The summed E-state index contributed by atoms with van der Waals surface area (Å²) in [5.41, 5.74) is 3.53. The van der Waals surface area contributed by atoms with Gasteiger partial charge in [-0.2, -0.15) is 10.1 Å². The van der Waals surface area contributed by atoms with E-state index in [0.717, 1.165) is 35.6 Å². The normalized spacial score (nSPS) is 17.5. The van der Waals surface area contributed by atoms with Gasteiger partial charge in [-0.3, -0.25) is 0 Å². The van der Waals surface area contributed by atoms with E-state index < -0.39 is 0 Å². The van der Waals surface area contributed by atoms with Gasteiger partial charge < -0.3 is 9.84 Å². The van der Waals surface area contributed by atoms with Gasteiger partial charge in [-0.1, -0.05) is 5.16 Å². The van der Waals surface area contributed by atoms with Gasteiger partial charge >= 0.3 is 0 Å². The number of fused-ring (bicyclic) bond motifs is 1. The van der Waals surface area contributed by atoms with Crippen LogP contribution in [-0.4, -0.2) is 31.3 Å². The first-order valence-electron chi connectivity index (χ1n) is 6.62. The van der Waals surface area contributed by atoms with Crippen LogP contribution in [0.25, 0.3) is 17.0 Å². The number of halogens is 1. The van der Waals surface area contributed by atoms with E-state index in [9.17, 15) is 0 Å². The Labute approximate surface area is 127 Å². The molecular weight excluding hydrogens is 292 g/mol. The molecular formula is C13H15ClN6O. The van der Waals surface area contributed by atoms with Crippen LogP contribution >= 0.6 is 12.4 Å². The summed E-state index contributed by atoms with van der Waals surface area (Å²) in [6.45, 7) is 4.96. The molecule has 4 heterocycles. The highest BCUT2D eigenvalue weighted by Gasteiger charge is 2.25. The third-order valence-corrected chi connectivity index (χ3v) is 3.58. The molecule has 110 valence electrons. The van der Waals surface area contributed by atoms with Crippen molar-refractivity contribution in [1.82, 2.24) is 30.1 Å². The van der Waals surface area contributed by atoms with Crippen LogP contribution in [0.15, 0.2) is 16.8 Å². The Bertz CT molecular complexity index is 791. The van der Waals surface area contributed by atoms with Crippen molar-refractivity contribution in [3.63, 3.8) is 0 Å². The fourth-order valence-corrected chi connectivity index (χ4v) is 2.41. The van der Waals surface area contributed by atoms with Crippen molar-refractivity contribution < 1.29 is 4.52 Å². The minimum absolute atomic E-state index is 0. The summed E-state index contributed by atoms with van der Waals surface area (Å²) in [7, 11) is 0. The minimum atomic E-state index is 0. The zero-order chi connectivity index (χ0) is 13.7. The quantitative estimate of drug-likeness (QED) is 0.778. The molecule has 7 nitrogen and oxygen atoms in total. The summed E-state index contributed by atoms with van der Waals surface area (Å²) in [5.74, 6) is 1.18. The molecule has 3 aromatic rings. The van der Waals surface area contributed by atoms with Crippen molar-refractivity contribution in [2.45, 2.75) is 26.3 Å². The van der Waals surface area contributed by atoms with E-state index in [1.165, 1.54) is 0 Å². The molecule has 0 bridgehead atoms. The monoisotopic (exact) mass is 306 g/mol. The van der Waals surface area contributed by atoms with Gasteiger partial charge in [0.25, 0.3) is 0 Å². The van der Waals surface area contributed by atoms with Crippen molar-refractivity contribution >= 4 is 18.1 Å². The van der Waals surface area contributed by atoms with Crippen molar-refractivity contribution in [3.8, 4) is 11.4 Å². The number of rotatable bonds is 2. The molecule has 0 spiro atoms. The average molecular weight is 307 g/mol. The van der Waals surface area contributed by atoms with Crippen LogP contribution in [0.5, 0.6) is 0 Å². The highest BCUT2D eigenvalue weighted by molar-refractivity contribution is 5.85. The largest absolute Gasteiger partial charge is 0.337 e. The topological polar surface area (TPSA) is 81.1 Å². The molecule has 0 aromatic carbocycles. The predicted molar refractivity (Wildman–Crippen MR) is 78.4 cm³/mol. The zero-order valence-corrected chi connectivity index (χ0v) is 12.5. The molecule has 21 heavy (non-hydrogen) atoms. The van der Waals surface area contributed by atoms with Crippen LogP contribution < -0.4 is 5.32 Å². The second-order valence-corrected chi connectivity index (χ2v) is 5.08. The highest BCUT2D eigenvalue weighted by atomic mass is 35.5. The van der Waals surface area contributed by atoms with Gasteiger partial charge in [0, 0.05) is 11.4 Å². The minimum Gasteiger partial charge on any atom is -0.337 e. The van der Waals surface area contributed by atoms with Crippen molar-refractivity contribution in [2.24, 2.45) is 0 Å². The lowest BCUT2D eigenvalue weighted by Crippen LogP contribution is -2.35. The molecule has 0 aliphatic carbocycles. The third-order valence-electron chi connectivity index (χ3n) is 3.58. The molecule has 1 aliphatic rings. The Morgan fingerprint density at radius 3 is 2.86 bits per heavy atom. The van der Waals surface area contributed by atoms with Crippen molar-refractivity contribution in [3.05, 3.63) is 29.5 Å². The molecule has 1 saturated heterocycles. The maximum atomic E-state index is 5.31. The van der Waals surface area contributed by atoms with Crippen molar-refractivity contribution in [2.75, 3.05) is 6.54 Å². The smallest absolute Gasteiger partial charge is 0.244 e. The van der Waals surface area contributed by atoms with Crippen LogP contribution in [-0.2, 0) is 0 Å². The van der Waals surface area contributed by atoms with E-state index in [1.807, 2.05) is 19.9 Å². The first-order valence-corrected chi connectivity index (χ1v) is 6.62. The number of nitrogens with one attached hydrogen (secondary N) is 1. The van der Waals surface area contributed by atoms with Crippen LogP contribution in [0.2, 0.25) is 0 Å². The van der Waals surface area contributed by atoms with Crippen molar-refractivity contribution in [1.29, 1.82) is 0 Å². The summed E-state index contributed by atoms with van der Waals surface area (Å²) in [6.07, 6.45) is 2.77. The van der Waals surface area contributed by atoms with Gasteiger partial charge in [0.1, 0.15) is 0 Å². The number of aromatic nitrogens is 5. The second-order valence-electron chi connectivity index (χ2n) is 5.08. The summed E-state index contributed by atoms with van der Waals surface area (Å²) < 4.78 is 7.10. The molecule has 0 unspecified atom stereocenters. The average Bonchev–Trinajstić information content (AvgIpc) is 2.93. The predicted octanol–water partition coefficient (Wildman–Crippen LogP) is 1.85. The number of nitrogens with zero attached hydrogens (tertiary/aromatic N) is 5. The van der Waals surface area contributed by atoms with Crippen LogP contribution in [0.1, 0.15) is 29.7 Å². The number of aryl methyl sites for hydroxylation is 2. The Morgan fingerprint density at radius 2 is 2.14 bits per heavy atom. The molecule has 1 fully saturated rings. The Balaban J connectivity index is 0.00000132. The van der Waals surface area contributed by atoms with Gasteiger partial charge in [-0.05, 0) is 32.9 Å². The standard InChI is InChI=1S/C13H14N6O.ClH/c1-7-5-8(2)19-12(16-7)9(6-15-19)11-17-13(20-18-11)10-3-4-14-10;/h5-6,10,14H,3-4H2,1-2H3;1H/t10-;/m1./s1. The molecule has 1 N–H and O–H groups in total. The zero-order valence-electron chi connectivity index (χ0n) is 11.7. The highest BCUT2D eigenvalue weighted by Crippen LogP contribution is 2.26. The van der Waals surface area contributed by atoms with E-state index in [1.54, 1.807) is 10.7 Å². The summed E-state index contributed by atoms with van der Waals surface area (Å²) in [6, 6.07) is 2.18. The fourth-order valence-electron chi connectivity index (χ4n) is 2.41. The Hall–Kier alpha value is -1.99. The van der Waals surface area contributed by atoms with Crippen LogP contribution in [0.4, 0.5) is 0 Å². The first-order chi connectivity index (χ1) is 9.72. The maximum Gasteiger partial charge on any atom is 0.244 e. The fraction of sp³-hybridized carbons (Fsp3) is 0.385. The molecule has 4 rings (SSSR count). The van der Waals surface area contributed by atoms with E-state index in [4.69, 9.17) is 4.52 Å². The summed E-state index contributed by atoms with van der Waals surface area (Å²) in [5, 5.41) is 11.6. The first kappa shape index (κ1) is 14.0. The van der Waals surface area contributed by atoms with Gasteiger partial charge in [-0.15, -0.1) is 12.4 Å². The number of hydrogen-bond acceptors (Lipinski definition) is 6. The molecule has 3 aromatic heterocycles. The molecule has 1 aliphatic heterocycles. The van der Waals surface area contributed by atoms with E-state index >= 15 is 0 Å². The number of hydrogen-bond donors (Lipinski definition) is 1. The van der Waals surface area contributed by atoms with Gasteiger partial charge in [-0.25, -0.2) is 9.50 Å². The molecule has 0 radical (unpaired) electrons. The summed E-state index contributed by atoms with van der Waals surface area (Å²) >= 11 is 0. The van der Waals surface area contributed by atoms with Gasteiger partial charge in [0.2, 0.25) is 11.7 Å². The van der Waals surface area contributed by atoms with E-state index in [0.29, 0.717) is 11.7 Å². The molecule has 1 atom stereocenters. The lowest BCUT2D eigenvalue weighted by molar-refractivity contribution is 0.273. The Kier molecular flexibility index (Phi) is 3.38. The van der Waals surface area contributed by atoms with Crippen LogP contribution in [0, 0.1) is 13.8 Å². The molecule has 0 amide bonds. The summed E-state index contributed by atoms with van der Waals surface area (Å²) in [4.78, 5) is 8.97. The second kappa shape index (κ2) is 5.09. The third kappa shape index (κ3) is 2.18. The van der Waals surface area contributed by atoms with Gasteiger partial charge in [0.05, 0.1) is 17.8 Å². The lowest BCUT2D eigenvalue weighted by Gasteiger charge is -2.23.